The van der Waals surface area contributed by atoms with Gasteiger partial charge >= 0.3 is 0 Å². The third-order valence-corrected chi connectivity index (χ3v) is 8.26. The summed E-state index contributed by atoms with van der Waals surface area (Å²) in [5.41, 5.74) is 3.57. The molecule has 0 unspecified atom stereocenters. The minimum Gasteiger partial charge on any atom is -0.341 e. The van der Waals surface area contributed by atoms with Gasteiger partial charge in [-0.25, -0.2) is 9.97 Å². The van der Waals surface area contributed by atoms with Crippen LogP contribution in [0.3, 0.4) is 0 Å². The van der Waals surface area contributed by atoms with Crippen molar-refractivity contribution in [2.45, 2.75) is 95.4 Å². The molecule has 182 valence electrons. The first-order chi connectivity index (χ1) is 16.8. The molecule has 1 saturated carbocycles. The summed E-state index contributed by atoms with van der Waals surface area (Å²) >= 11 is 0. The molecule has 1 atom stereocenters. The van der Waals surface area contributed by atoms with E-state index in [4.69, 9.17) is 9.97 Å². The van der Waals surface area contributed by atoms with E-state index in [1.807, 2.05) is 6.20 Å². The molecule has 2 N–H and O–H groups in total. The molecule has 2 saturated heterocycles. The molecule has 0 bridgehead atoms. The van der Waals surface area contributed by atoms with E-state index in [1.54, 1.807) is 0 Å². The lowest BCUT2D eigenvalue weighted by molar-refractivity contribution is -0.133. The van der Waals surface area contributed by atoms with Gasteiger partial charge in [-0.3, -0.25) is 4.79 Å². The summed E-state index contributed by atoms with van der Waals surface area (Å²) in [6.07, 6.45) is 16.9. The maximum atomic E-state index is 13.3. The number of hydrogen-bond donors (Lipinski definition) is 2. The standard InChI is InChI=1S/C26H37N7O/c34-24(32-14-5-2-6-15-32)22-13-8-16-33(22)26-29-20-12-7-11-19(20)23(31-26)30-25-27-17-21(28-25)18-9-3-1-4-10-18/h17-18,22H,1-16H2,(H2,27,28,29,30,31)/t22-/m0/s1. The van der Waals surface area contributed by atoms with Gasteiger partial charge in [0.15, 0.2) is 0 Å². The van der Waals surface area contributed by atoms with Crippen molar-refractivity contribution in [2.75, 3.05) is 29.9 Å². The molecule has 4 aliphatic rings. The highest BCUT2D eigenvalue weighted by molar-refractivity contribution is 5.85. The van der Waals surface area contributed by atoms with E-state index in [1.165, 1.54) is 49.8 Å². The largest absolute Gasteiger partial charge is 0.341 e. The topological polar surface area (TPSA) is 90.0 Å². The van der Waals surface area contributed by atoms with Crippen molar-refractivity contribution in [1.82, 2.24) is 24.8 Å². The zero-order valence-corrected chi connectivity index (χ0v) is 20.2. The van der Waals surface area contributed by atoms with Gasteiger partial charge in [0.25, 0.3) is 0 Å². The number of nitrogens with one attached hydrogen (secondary N) is 2. The molecule has 34 heavy (non-hydrogen) atoms. The predicted octanol–water partition coefficient (Wildman–Crippen LogP) is 4.46. The number of fused-ring (bicyclic) bond motifs is 1. The molecule has 0 spiro atoms. The number of aryl methyl sites for hydroxylation is 1. The molecule has 1 amide bonds. The Morgan fingerprint density at radius 2 is 1.74 bits per heavy atom. The molecule has 2 aromatic rings. The normalized spacial score (nSPS) is 23.4. The minimum atomic E-state index is -0.132. The van der Waals surface area contributed by atoms with Crippen LogP contribution in [0.15, 0.2) is 6.20 Å². The number of hydrogen-bond acceptors (Lipinski definition) is 6. The first kappa shape index (κ1) is 21.9. The Kier molecular flexibility index (Phi) is 6.14. The number of piperidine rings is 1. The van der Waals surface area contributed by atoms with Gasteiger partial charge in [-0.15, -0.1) is 0 Å². The van der Waals surface area contributed by atoms with E-state index in [0.29, 0.717) is 11.9 Å². The van der Waals surface area contributed by atoms with Crippen molar-refractivity contribution in [1.29, 1.82) is 0 Å². The summed E-state index contributed by atoms with van der Waals surface area (Å²) < 4.78 is 0. The van der Waals surface area contributed by atoms with Gasteiger partial charge in [-0.2, -0.15) is 4.98 Å². The second kappa shape index (κ2) is 9.55. The number of aromatic nitrogens is 4. The van der Waals surface area contributed by atoms with Gasteiger partial charge in [-0.1, -0.05) is 19.3 Å². The van der Waals surface area contributed by atoms with Crippen LogP contribution in [0.1, 0.15) is 93.5 Å². The van der Waals surface area contributed by atoms with Gasteiger partial charge < -0.3 is 20.1 Å². The van der Waals surface area contributed by atoms with E-state index >= 15 is 0 Å². The first-order valence-corrected chi connectivity index (χ1v) is 13.5. The molecule has 4 heterocycles. The van der Waals surface area contributed by atoms with E-state index in [2.05, 4.69) is 25.1 Å². The number of H-pyrrole nitrogens is 1. The lowest BCUT2D eigenvalue weighted by atomic mass is 9.87. The fraction of sp³-hybridized carbons (Fsp3) is 0.692. The molecule has 2 aliphatic heterocycles. The van der Waals surface area contributed by atoms with Crippen LogP contribution in [-0.4, -0.2) is 56.4 Å². The second-order valence-corrected chi connectivity index (χ2v) is 10.5. The number of amides is 1. The number of imidazole rings is 1. The Hall–Kier alpha value is -2.64. The van der Waals surface area contributed by atoms with E-state index in [9.17, 15) is 4.79 Å². The molecule has 2 aliphatic carbocycles. The van der Waals surface area contributed by atoms with Crippen molar-refractivity contribution < 1.29 is 4.79 Å². The molecule has 2 aromatic heterocycles. The van der Waals surface area contributed by atoms with Crippen molar-refractivity contribution >= 4 is 23.6 Å². The fourth-order valence-corrected chi connectivity index (χ4v) is 6.37. The Balaban J connectivity index is 1.24. The summed E-state index contributed by atoms with van der Waals surface area (Å²) in [6, 6.07) is -0.132. The minimum absolute atomic E-state index is 0.132. The lowest BCUT2D eigenvalue weighted by Crippen LogP contribution is -2.48. The summed E-state index contributed by atoms with van der Waals surface area (Å²) in [4.78, 5) is 35.7. The third kappa shape index (κ3) is 4.27. The fourth-order valence-electron chi connectivity index (χ4n) is 6.37. The first-order valence-electron chi connectivity index (χ1n) is 13.5. The van der Waals surface area contributed by atoms with Crippen LogP contribution in [0.25, 0.3) is 0 Å². The van der Waals surface area contributed by atoms with Crippen molar-refractivity contribution in [3.05, 3.63) is 23.1 Å². The highest BCUT2D eigenvalue weighted by Crippen LogP contribution is 2.35. The van der Waals surface area contributed by atoms with Crippen LogP contribution < -0.4 is 10.2 Å². The second-order valence-electron chi connectivity index (χ2n) is 10.5. The Morgan fingerprint density at radius 3 is 2.59 bits per heavy atom. The molecule has 0 aromatic carbocycles. The monoisotopic (exact) mass is 463 g/mol. The molecule has 6 rings (SSSR count). The molecule has 8 nitrogen and oxygen atoms in total. The third-order valence-electron chi connectivity index (χ3n) is 8.26. The maximum Gasteiger partial charge on any atom is 0.245 e. The zero-order chi connectivity index (χ0) is 22.9. The molecular weight excluding hydrogens is 426 g/mol. The highest BCUT2D eigenvalue weighted by Gasteiger charge is 2.36. The van der Waals surface area contributed by atoms with E-state index in [0.717, 1.165) is 82.0 Å². The van der Waals surface area contributed by atoms with Crippen LogP contribution in [0.2, 0.25) is 0 Å². The van der Waals surface area contributed by atoms with Gasteiger partial charge in [0.05, 0.1) is 11.9 Å². The quantitative estimate of drug-likeness (QED) is 0.680. The lowest BCUT2D eigenvalue weighted by Gasteiger charge is -2.32. The Morgan fingerprint density at radius 1 is 0.912 bits per heavy atom. The highest BCUT2D eigenvalue weighted by atomic mass is 16.2. The number of aromatic amines is 1. The maximum absolute atomic E-state index is 13.3. The van der Waals surface area contributed by atoms with Crippen LogP contribution in [0.5, 0.6) is 0 Å². The van der Waals surface area contributed by atoms with E-state index < -0.39 is 0 Å². The van der Waals surface area contributed by atoms with Gasteiger partial charge in [0.1, 0.15) is 11.9 Å². The van der Waals surface area contributed by atoms with Gasteiger partial charge in [0.2, 0.25) is 17.8 Å². The summed E-state index contributed by atoms with van der Waals surface area (Å²) in [5, 5.41) is 3.50. The number of nitrogens with zero attached hydrogens (tertiary/aromatic N) is 5. The van der Waals surface area contributed by atoms with Gasteiger partial charge in [0, 0.05) is 36.8 Å². The average molecular weight is 464 g/mol. The molecule has 3 fully saturated rings. The average Bonchev–Trinajstić information content (AvgIpc) is 3.65. The predicted molar refractivity (Wildman–Crippen MR) is 133 cm³/mol. The van der Waals surface area contributed by atoms with Crippen LogP contribution >= 0.6 is 0 Å². The van der Waals surface area contributed by atoms with Crippen LogP contribution in [0, 0.1) is 0 Å². The Labute approximate surface area is 201 Å². The molecule has 8 heteroatoms. The molecule has 0 radical (unpaired) electrons. The smallest absolute Gasteiger partial charge is 0.245 e. The number of anilines is 3. The van der Waals surface area contributed by atoms with Crippen LogP contribution in [-0.2, 0) is 17.6 Å². The number of carbonyl (C=O) groups is 1. The SMILES string of the molecule is O=C([C@@H]1CCCN1c1nc2c(c(Nc3ncc(C4CCCCC4)[nH]3)n1)CCC2)N1CCCCC1. The summed E-state index contributed by atoms with van der Waals surface area (Å²) in [7, 11) is 0. The van der Waals surface area contributed by atoms with Crippen LogP contribution in [0.4, 0.5) is 17.7 Å². The number of rotatable bonds is 5. The van der Waals surface area contributed by atoms with Crippen molar-refractivity contribution in [3.8, 4) is 0 Å². The number of carbonyl (C=O) groups excluding carboxylic acids is 1. The van der Waals surface area contributed by atoms with Gasteiger partial charge in [-0.05, 0) is 64.2 Å². The van der Waals surface area contributed by atoms with Crippen molar-refractivity contribution in [2.24, 2.45) is 0 Å². The Bertz CT molecular complexity index is 1020. The zero-order valence-electron chi connectivity index (χ0n) is 20.2. The summed E-state index contributed by atoms with van der Waals surface area (Å²) in [5.74, 6) is 3.18. The van der Waals surface area contributed by atoms with E-state index in [-0.39, 0.29) is 11.9 Å². The number of likely N-dealkylation sites (tertiary alicyclic amines) is 1. The molecular formula is C26H37N7O. The summed E-state index contributed by atoms with van der Waals surface area (Å²) in [6.45, 7) is 2.63. The van der Waals surface area contributed by atoms with Crippen molar-refractivity contribution in [3.63, 3.8) is 0 Å².